The number of hydrogen-bond donors (Lipinski definition) is 1. The Kier molecular flexibility index (Phi) is 5.58. The minimum Gasteiger partial charge on any atom is -0.341 e. The van der Waals surface area contributed by atoms with Gasteiger partial charge in [-0.05, 0) is 30.0 Å². The highest BCUT2D eigenvalue weighted by Crippen LogP contribution is 2.17. The van der Waals surface area contributed by atoms with E-state index in [4.69, 9.17) is 0 Å². The van der Waals surface area contributed by atoms with Crippen molar-refractivity contribution in [2.45, 2.75) is 17.7 Å². The number of carbonyl (C=O) groups excluding carboxylic acids is 2. The molecule has 6 heteroatoms. The van der Waals surface area contributed by atoms with Gasteiger partial charge in [0, 0.05) is 36.0 Å². The number of nitrogens with zero attached hydrogens (tertiary/aromatic N) is 2. The normalized spacial score (nSPS) is 15.2. The van der Waals surface area contributed by atoms with Crippen LogP contribution in [-0.2, 0) is 11.2 Å². The van der Waals surface area contributed by atoms with Crippen molar-refractivity contribution in [2.75, 3.05) is 26.2 Å². The summed E-state index contributed by atoms with van der Waals surface area (Å²) < 4.78 is 0. The molecule has 1 saturated heterocycles. The van der Waals surface area contributed by atoms with E-state index in [1.54, 1.807) is 17.4 Å². The lowest BCUT2D eigenvalue weighted by Gasteiger charge is -2.22. The molecule has 1 fully saturated rings. The van der Waals surface area contributed by atoms with E-state index >= 15 is 0 Å². The number of thiophene rings is 1. The van der Waals surface area contributed by atoms with Gasteiger partial charge >= 0.3 is 0 Å². The van der Waals surface area contributed by atoms with Crippen LogP contribution in [0.3, 0.4) is 0 Å². The average Bonchev–Trinajstić information content (AvgIpc) is 2.96. The Morgan fingerprint density at radius 1 is 1.00 bits per heavy atom. The van der Waals surface area contributed by atoms with Gasteiger partial charge in [-0.25, -0.2) is 0 Å². The second-order valence-electron chi connectivity index (χ2n) is 5.80. The number of hydrogen-bond acceptors (Lipinski definition) is 4. The predicted molar refractivity (Wildman–Crippen MR) is 98.8 cm³/mol. The van der Waals surface area contributed by atoms with Crippen molar-refractivity contribution in [1.82, 2.24) is 9.80 Å². The third-order valence-electron chi connectivity index (χ3n) is 4.18. The van der Waals surface area contributed by atoms with Gasteiger partial charge in [0.15, 0.2) is 0 Å². The predicted octanol–water partition coefficient (Wildman–Crippen LogP) is 2.95. The smallest absolute Gasteiger partial charge is 0.255 e. The highest BCUT2D eigenvalue weighted by atomic mass is 32.1. The Labute approximate surface area is 151 Å². The molecule has 0 saturated carbocycles. The minimum atomic E-state index is -0.00634. The van der Waals surface area contributed by atoms with Crippen molar-refractivity contribution in [3.05, 3.63) is 52.2 Å². The number of carbonyl (C=O) groups is 2. The molecule has 0 radical (unpaired) electrons. The van der Waals surface area contributed by atoms with Gasteiger partial charge in [-0.1, -0.05) is 18.2 Å². The molecule has 0 spiro atoms. The highest BCUT2D eigenvalue weighted by molar-refractivity contribution is 7.80. The number of benzene rings is 1. The number of amides is 2. The van der Waals surface area contributed by atoms with Crippen molar-refractivity contribution >= 4 is 35.8 Å². The number of rotatable bonds is 3. The van der Waals surface area contributed by atoms with Crippen molar-refractivity contribution in [2.24, 2.45) is 0 Å². The fraction of sp³-hybridized carbons (Fsp3) is 0.333. The first-order valence-corrected chi connectivity index (χ1v) is 9.35. The van der Waals surface area contributed by atoms with E-state index in [0.29, 0.717) is 43.1 Å². The first kappa shape index (κ1) is 17.0. The van der Waals surface area contributed by atoms with Crippen LogP contribution in [0.1, 0.15) is 21.7 Å². The van der Waals surface area contributed by atoms with Crippen molar-refractivity contribution < 1.29 is 9.59 Å². The molecular formula is C18H20N2O2S2. The minimum absolute atomic E-state index is 0.00634. The molecule has 2 aromatic rings. The standard InChI is InChI=1S/C18H20N2O2S2/c21-17(13-14-5-3-12-24-14)19-8-4-9-20(11-10-19)18(22)15-6-1-2-7-16(15)23/h1-3,5-7,12,23H,4,8-11,13H2. The van der Waals surface area contributed by atoms with Gasteiger partial charge in [-0.15, -0.1) is 24.0 Å². The molecule has 3 rings (SSSR count). The van der Waals surface area contributed by atoms with Crippen molar-refractivity contribution in [3.8, 4) is 0 Å². The highest BCUT2D eigenvalue weighted by Gasteiger charge is 2.23. The van der Waals surface area contributed by atoms with E-state index in [1.807, 2.05) is 45.5 Å². The quantitative estimate of drug-likeness (QED) is 0.855. The van der Waals surface area contributed by atoms with Crippen LogP contribution in [0.2, 0.25) is 0 Å². The lowest BCUT2D eigenvalue weighted by atomic mass is 10.2. The molecule has 0 aliphatic carbocycles. The van der Waals surface area contributed by atoms with Gasteiger partial charge in [0.05, 0.1) is 12.0 Å². The molecule has 4 nitrogen and oxygen atoms in total. The molecule has 2 heterocycles. The van der Waals surface area contributed by atoms with E-state index in [9.17, 15) is 9.59 Å². The van der Waals surface area contributed by atoms with Crippen LogP contribution in [0.15, 0.2) is 46.7 Å². The van der Waals surface area contributed by atoms with Gasteiger partial charge in [-0.3, -0.25) is 9.59 Å². The molecule has 0 unspecified atom stereocenters. The third kappa shape index (κ3) is 3.99. The molecule has 1 aromatic carbocycles. The van der Waals surface area contributed by atoms with Crippen LogP contribution in [0.5, 0.6) is 0 Å². The zero-order valence-electron chi connectivity index (χ0n) is 13.4. The van der Waals surface area contributed by atoms with Gasteiger partial charge in [0.1, 0.15) is 0 Å². The zero-order chi connectivity index (χ0) is 16.9. The summed E-state index contributed by atoms with van der Waals surface area (Å²) in [4.78, 5) is 30.6. The van der Waals surface area contributed by atoms with Gasteiger partial charge in [-0.2, -0.15) is 0 Å². The Balaban J connectivity index is 1.61. The summed E-state index contributed by atoms with van der Waals surface area (Å²) >= 11 is 5.98. The molecule has 24 heavy (non-hydrogen) atoms. The second-order valence-corrected chi connectivity index (χ2v) is 7.31. The molecule has 1 aliphatic rings. The average molecular weight is 361 g/mol. The summed E-state index contributed by atoms with van der Waals surface area (Å²) in [5.74, 6) is 0.134. The maximum atomic E-state index is 12.7. The molecular weight excluding hydrogens is 340 g/mol. The molecule has 1 aromatic heterocycles. The summed E-state index contributed by atoms with van der Waals surface area (Å²) in [5.41, 5.74) is 0.624. The van der Waals surface area contributed by atoms with E-state index in [2.05, 4.69) is 12.6 Å². The molecule has 0 bridgehead atoms. The monoisotopic (exact) mass is 360 g/mol. The largest absolute Gasteiger partial charge is 0.341 e. The van der Waals surface area contributed by atoms with Gasteiger partial charge < -0.3 is 9.80 Å². The fourth-order valence-corrected chi connectivity index (χ4v) is 3.82. The topological polar surface area (TPSA) is 40.6 Å². The Bertz CT molecular complexity index is 716. The maximum absolute atomic E-state index is 12.7. The van der Waals surface area contributed by atoms with E-state index in [0.717, 1.165) is 11.3 Å². The Morgan fingerprint density at radius 2 is 1.75 bits per heavy atom. The Hall–Kier alpha value is -1.79. The third-order valence-corrected chi connectivity index (χ3v) is 5.44. The van der Waals surface area contributed by atoms with Crippen LogP contribution in [0, 0.1) is 0 Å². The Morgan fingerprint density at radius 3 is 2.50 bits per heavy atom. The summed E-state index contributed by atoms with van der Waals surface area (Å²) in [7, 11) is 0. The van der Waals surface area contributed by atoms with Crippen molar-refractivity contribution in [1.29, 1.82) is 0 Å². The van der Waals surface area contributed by atoms with Crippen LogP contribution in [0.25, 0.3) is 0 Å². The maximum Gasteiger partial charge on any atom is 0.255 e. The van der Waals surface area contributed by atoms with E-state index in [-0.39, 0.29) is 11.8 Å². The summed E-state index contributed by atoms with van der Waals surface area (Å²) in [6.45, 7) is 2.53. The van der Waals surface area contributed by atoms with Crippen molar-refractivity contribution in [3.63, 3.8) is 0 Å². The first-order chi connectivity index (χ1) is 11.6. The molecule has 2 amide bonds. The van der Waals surface area contributed by atoms with Gasteiger partial charge in [0.25, 0.3) is 5.91 Å². The first-order valence-electron chi connectivity index (χ1n) is 8.02. The van der Waals surface area contributed by atoms with Crippen LogP contribution < -0.4 is 0 Å². The molecule has 0 atom stereocenters. The lowest BCUT2D eigenvalue weighted by Crippen LogP contribution is -2.38. The fourth-order valence-electron chi connectivity index (χ4n) is 2.87. The summed E-state index contributed by atoms with van der Waals surface area (Å²) in [5, 5.41) is 1.99. The number of thiol groups is 1. The second kappa shape index (κ2) is 7.85. The van der Waals surface area contributed by atoms with Crippen LogP contribution in [0.4, 0.5) is 0 Å². The lowest BCUT2D eigenvalue weighted by molar-refractivity contribution is -0.130. The van der Waals surface area contributed by atoms with Crippen LogP contribution in [-0.4, -0.2) is 47.8 Å². The summed E-state index contributed by atoms with van der Waals surface area (Å²) in [6, 6.07) is 11.3. The van der Waals surface area contributed by atoms with Crippen LogP contribution >= 0.6 is 24.0 Å². The van der Waals surface area contributed by atoms with E-state index in [1.165, 1.54) is 0 Å². The molecule has 126 valence electrons. The molecule has 1 aliphatic heterocycles. The van der Waals surface area contributed by atoms with E-state index < -0.39 is 0 Å². The SMILES string of the molecule is O=C(Cc1cccs1)N1CCCN(C(=O)c2ccccc2S)CC1. The van der Waals surface area contributed by atoms with Gasteiger partial charge in [0.2, 0.25) is 5.91 Å². The zero-order valence-corrected chi connectivity index (χ0v) is 15.1. The summed E-state index contributed by atoms with van der Waals surface area (Å²) in [6.07, 6.45) is 1.25. The molecule has 0 N–H and O–H groups in total.